The predicted molar refractivity (Wildman–Crippen MR) is 168 cm³/mol. The summed E-state index contributed by atoms with van der Waals surface area (Å²) >= 11 is 1.24. The molecule has 6 nitrogen and oxygen atoms in total. The second-order valence-electron chi connectivity index (χ2n) is 11.4. The summed E-state index contributed by atoms with van der Waals surface area (Å²) < 4.78 is 71.8. The van der Waals surface area contributed by atoms with Gasteiger partial charge < -0.3 is 19.4 Å². The number of aryl methyl sites for hydroxylation is 1. The molecule has 45 heavy (non-hydrogen) atoms. The third-order valence-electron chi connectivity index (χ3n) is 8.44. The molecule has 4 aromatic rings. The molecule has 0 fully saturated rings. The number of alkyl halides is 3. The van der Waals surface area contributed by atoms with Gasteiger partial charge in [0, 0.05) is 24.2 Å². The molecule has 3 aromatic carbocycles. The van der Waals surface area contributed by atoms with Crippen LogP contribution in [0.2, 0.25) is 0 Å². The Morgan fingerprint density at radius 1 is 0.978 bits per heavy atom. The van der Waals surface area contributed by atoms with Gasteiger partial charge in [-0.25, -0.2) is 9.37 Å². The van der Waals surface area contributed by atoms with Crippen LogP contribution >= 0.6 is 11.8 Å². The first-order valence-electron chi connectivity index (χ1n) is 14.5. The number of nitrogens with zero attached hydrogens (tertiary/aromatic N) is 2. The maximum absolute atomic E-state index is 17.0. The van der Waals surface area contributed by atoms with E-state index in [0.29, 0.717) is 27.9 Å². The summed E-state index contributed by atoms with van der Waals surface area (Å²) in [4.78, 5) is 21.8. The average Bonchev–Trinajstić information content (AvgIpc) is 3.01. The normalized spacial score (nSPS) is 16.3. The predicted octanol–water partition coefficient (Wildman–Crippen LogP) is 7.70. The summed E-state index contributed by atoms with van der Waals surface area (Å²) in [6.45, 7) is 3.61. The van der Waals surface area contributed by atoms with Gasteiger partial charge in [-0.1, -0.05) is 43.0 Å². The number of aromatic nitrogens is 2. The highest BCUT2D eigenvalue weighted by Gasteiger charge is 2.43. The molecule has 1 aliphatic carbocycles. The lowest BCUT2D eigenvalue weighted by molar-refractivity contribution is -0.139. The Morgan fingerprint density at radius 3 is 2.02 bits per heavy atom. The van der Waals surface area contributed by atoms with Crippen LogP contribution in [0.3, 0.4) is 0 Å². The maximum Gasteiger partial charge on any atom is 0.417 e. The minimum Gasteiger partial charge on any atom is -0.497 e. The molecule has 0 radical (unpaired) electrons. The lowest BCUT2D eigenvalue weighted by atomic mass is 9.73. The highest BCUT2D eigenvalue weighted by Crippen LogP contribution is 2.47. The average molecular weight is 642 g/mol. The molecule has 1 N–H and O–H groups in total. The number of anilines is 1. The fourth-order valence-electron chi connectivity index (χ4n) is 6.14. The van der Waals surface area contributed by atoms with E-state index in [0.717, 1.165) is 11.1 Å². The molecule has 11 heteroatoms. The second-order valence-corrected chi connectivity index (χ2v) is 12.2. The topological polar surface area (TPSA) is 67.5 Å². The molecule has 0 aliphatic heterocycles. The fourth-order valence-corrected chi connectivity index (χ4v) is 6.54. The van der Waals surface area contributed by atoms with Crippen LogP contribution in [0, 0.1) is 18.7 Å². The highest BCUT2D eigenvalue weighted by molar-refractivity contribution is 7.98. The number of methoxy groups -OCH3 is 2. The molecule has 0 amide bonds. The van der Waals surface area contributed by atoms with E-state index in [1.165, 1.54) is 24.8 Å². The van der Waals surface area contributed by atoms with Crippen molar-refractivity contribution in [3.63, 3.8) is 0 Å². The van der Waals surface area contributed by atoms with Gasteiger partial charge in [0.05, 0.1) is 31.2 Å². The first kappa shape index (κ1) is 32.4. The van der Waals surface area contributed by atoms with Crippen LogP contribution in [0.25, 0.3) is 0 Å². The Hall–Kier alpha value is -3.99. The molecule has 0 saturated heterocycles. The van der Waals surface area contributed by atoms with E-state index in [-0.39, 0.29) is 48.3 Å². The Balaban J connectivity index is 1.66. The SMILES string of the molecule is COc1ccc(CN(Cc2ccc(OC)cc2)c2cc(C)c(C(F)(F)F)c(C3Cc4nc(SC)[nH]c(=O)c4CC3C)c2F)cc1. The lowest BCUT2D eigenvalue weighted by Gasteiger charge is -2.35. The Morgan fingerprint density at radius 2 is 1.53 bits per heavy atom. The Labute approximate surface area is 263 Å². The monoisotopic (exact) mass is 641 g/mol. The minimum atomic E-state index is -4.79. The number of hydrogen-bond donors (Lipinski definition) is 1. The fraction of sp³-hybridized carbons (Fsp3) is 0.353. The number of halogens is 4. The maximum atomic E-state index is 17.0. The van der Waals surface area contributed by atoms with Gasteiger partial charge >= 0.3 is 6.18 Å². The summed E-state index contributed by atoms with van der Waals surface area (Å²) in [5, 5.41) is 0.374. The zero-order valence-corrected chi connectivity index (χ0v) is 26.5. The van der Waals surface area contributed by atoms with E-state index < -0.39 is 29.4 Å². The largest absolute Gasteiger partial charge is 0.497 e. The van der Waals surface area contributed by atoms with E-state index in [2.05, 4.69) is 9.97 Å². The summed E-state index contributed by atoms with van der Waals surface area (Å²) in [5.41, 5.74) is 0.876. The molecule has 2 unspecified atom stereocenters. The Bertz CT molecular complexity index is 1670. The summed E-state index contributed by atoms with van der Waals surface area (Å²) in [6, 6.07) is 15.9. The quantitative estimate of drug-likeness (QED) is 0.115. The van der Waals surface area contributed by atoms with E-state index in [9.17, 15) is 18.0 Å². The first-order valence-corrected chi connectivity index (χ1v) is 15.7. The molecule has 0 spiro atoms. The zero-order chi connectivity index (χ0) is 32.5. The molecule has 1 heterocycles. The van der Waals surface area contributed by atoms with Gasteiger partial charge in [-0.15, -0.1) is 0 Å². The third-order valence-corrected chi connectivity index (χ3v) is 9.02. The lowest BCUT2D eigenvalue weighted by Crippen LogP contribution is -2.32. The molecule has 0 saturated carbocycles. The number of ether oxygens (including phenoxy) is 2. The number of H-pyrrole nitrogens is 1. The summed E-state index contributed by atoms with van der Waals surface area (Å²) in [5.74, 6) is -0.890. The highest BCUT2D eigenvalue weighted by atomic mass is 32.2. The van der Waals surface area contributed by atoms with Gasteiger partial charge in [0.25, 0.3) is 5.56 Å². The molecule has 1 aliphatic rings. The van der Waals surface area contributed by atoms with Crippen molar-refractivity contribution in [2.45, 2.75) is 57.0 Å². The van der Waals surface area contributed by atoms with Crippen LogP contribution < -0.4 is 19.9 Å². The first-order chi connectivity index (χ1) is 21.4. The number of nitrogens with one attached hydrogen (secondary N) is 1. The number of fused-ring (bicyclic) bond motifs is 1. The standard InChI is InChI=1S/C34H35F4N3O3S/c1-19-14-26-27(39-33(45-5)40-32(26)42)16-25(19)29-30(34(36,37)38)20(2)15-28(31(29)35)41(17-21-6-10-23(43-3)11-7-21)18-22-8-12-24(44-4)13-9-22/h6-13,15,19,25H,14,16-18H2,1-5H3,(H,39,40,42). The van der Waals surface area contributed by atoms with E-state index in [4.69, 9.17) is 9.47 Å². The van der Waals surface area contributed by atoms with E-state index in [1.54, 1.807) is 56.6 Å². The minimum absolute atomic E-state index is 0.0217. The van der Waals surface area contributed by atoms with Crippen molar-refractivity contribution in [1.82, 2.24) is 9.97 Å². The molecular formula is C34H35F4N3O3S. The number of aromatic amines is 1. The van der Waals surface area contributed by atoms with Crippen LogP contribution in [0.4, 0.5) is 23.2 Å². The van der Waals surface area contributed by atoms with Crippen molar-refractivity contribution >= 4 is 17.4 Å². The molecular weight excluding hydrogens is 606 g/mol. The van der Waals surface area contributed by atoms with Crippen molar-refractivity contribution in [2.24, 2.45) is 5.92 Å². The van der Waals surface area contributed by atoms with Crippen LogP contribution in [0.5, 0.6) is 11.5 Å². The van der Waals surface area contributed by atoms with Gasteiger partial charge in [0.15, 0.2) is 11.0 Å². The van der Waals surface area contributed by atoms with Crippen LogP contribution in [0.1, 0.15) is 51.9 Å². The van der Waals surface area contributed by atoms with Gasteiger partial charge in [-0.3, -0.25) is 4.79 Å². The summed E-state index contributed by atoms with van der Waals surface area (Å²) in [7, 11) is 3.12. The number of benzene rings is 3. The van der Waals surface area contributed by atoms with Crippen LogP contribution in [0.15, 0.2) is 64.5 Å². The van der Waals surface area contributed by atoms with Gasteiger partial charge in [-0.2, -0.15) is 13.2 Å². The van der Waals surface area contributed by atoms with Crippen LogP contribution in [-0.4, -0.2) is 30.4 Å². The molecule has 1 aromatic heterocycles. The van der Waals surface area contributed by atoms with Crippen molar-refractivity contribution in [3.05, 3.63) is 110 Å². The molecule has 0 bridgehead atoms. The number of thioether (sulfide) groups is 1. The van der Waals surface area contributed by atoms with E-state index in [1.807, 2.05) is 24.3 Å². The molecule has 2 atom stereocenters. The van der Waals surface area contributed by atoms with Crippen molar-refractivity contribution in [2.75, 3.05) is 25.4 Å². The van der Waals surface area contributed by atoms with Crippen molar-refractivity contribution < 1.29 is 27.0 Å². The van der Waals surface area contributed by atoms with Gasteiger partial charge in [0.2, 0.25) is 0 Å². The number of rotatable bonds is 9. The zero-order valence-electron chi connectivity index (χ0n) is 25.7. The van der Waals surface area contributed by atoms with Crippen LogP contribution in [-0.2, 0) is 32.1 Å². The van der Waals surface area contributed by atoms with E-state index >= 15 is 4.39 Å². The Kier molecular flexibility index (Phi) is 9.48. The second kappa shape index (κ2) is 13.2. The van der Waals surface area contributed by atoms with Gasteiger partial charge in [0.1, 0.15) is 11.5 Å². The third kappa shape index (κ3) is 6.83. The summed E-state index contributed by atoms with van der Waals surface area (Å²) in [6.07, 6.45) is -2.82. The smallest absolute Gasteiger partial charge is 0.417 e. The molecule has 238 valence electrons. The number of hydrogen-bond acceptors (Lipinski definition) is 6. The van der Waals surface area contributed by atoms with Gasteiger partial charge in [-0.05, 0) is 84.9 Å². The van der Waals surface area contributed by atoms with Crippen molar-refractivity contribution in [3.8, 4) is 11.5 Å². The molecule has 5 rings (SSSR count). The van der Waals surface area contributed by atoms with Crippen molar-refractivity contribution in [1.29, 1.82) is 0 Å².